The van der Waals surface area contributed by atoms with Crippen LogP contribution in [0.25, 0.3) is 0 Å². The number of alkyl carbamates (subject to hydrolysis) is 1. The van der Waals surface area contributed by atoms with Crippen molar-refractivity contribution in [1.29, 1.82) is 0 Å². The van der Waals surface area contributed by atoms with Crippen LogP contribution in [0.5, 0.6) is 0 Å². The molecule has 2 N–H and O–H groups in total. The Kier molecular flexibility index (Phi) is 7.97. The van der Waals surface area contributed by atoms with Gasteiger partial charge in [-0.2, -0.15) is 18.3 Å². The number of benzene rings is 1. The number of hydrogen-bond donors (Lipinski definition) is 2. The lowest BCUT2D eigenvalue weighted by molar-refractivity contribution is -0.150. The summed E-state index contributed by atoms with van der Waals surface area (Å²) in [5.74, 6) is 0.393. The van der Waals surface area contributed by atoms with Crippen LogP contribution < -0.4 is 10.6 Å². The summed E-state index contributed by atoms with van der Waals surface area (Å²) < 4.78 is 50.2. The Morgan fingerprint density at radius 3 is 2.46 bits per heavy atom. The molecular formula is C24H31F3N4O4. The summed E-state index contributed by atoms with van der Waals surface area (Å²) in [6.07, 6.45) is -5.20. The first-order valence-electron chi connectivity index (χ1n) is 11.4. The average molecular weight is 497 g/mol. The van der Waals surface area contributed by atoms with E-state index in [0.29, 0.717) is 30.8 Å². The topological polar surface area (TPSA) is 94.5 Å². The maximum atomic E-state index is 12.6. The first kappa shape index (κ1) is 26.4. The largest absolute Gasteiger partial charge is 0.446 e. The summed E-state index contributed by atoms with van der Waals surface area (Å²) >= 11 is 0. The summed E-state index contributed by atoms with van der Waals surface area (Å²) in [5.41, 5.74) is 1.12. The molecular weight excluding hydrogens is 465 g/mol. The lowest BCUT2D eigenvalue weighted by Gasteiger charge is -2.22. The molecule has 0 saturated heterocycles. The van der Waals surface area contributed by atoms with E-state index >= 15 is 0 Å². The number of rotatable bonds is 6. The van der Waals surface area contributed by atoms with Gasteiger partial charge in [0.1, 0.15) is 24.6 Å². The molecule has 1 aromatic heterocycles. The molecule has 1 aliphatic carbocycles. The molecule has 3 atom stereocenters. The van der Waals surface area contributed by atoms with Gasteiger partial charge in [0, 0.05) is 12.0 Å². The van der Waals surface area contributed by atoms with Crippen molar-refractivity contribution in [3.05, 3.63) is 47.7 Å². The van der Waals surface area contributed by atoms with Gasteiger partial charge in [0.25, 0.3) is 0 Å². The molecule has 1 aliphatic rings. The number of alkyl halides is 3. The molecule has 0 spiro atoms. The van der Waals surface area contributed by atoms with Crippen LogP contribution >= 0.6 is 0 Å². The van der Waals surface area contributed by atoms with Crippen LogP contribution in [0.2, 0.25) is 0 Å². The van der Waals surface area contributed by atoms with E-state index in [-0.39, 0.29) is 12.5 Å². The molecule has 1 saturated carbocycles. The van der Waals surface area contributed by atoms with E-state index in [1.807, 2.05) is 56.4 Å². The number of ether oxygens (including phenoxy) is 2. The second-order valence-electron chi connectivity index (χ2n) is 9.67. The number of nitrogens with zero attached hydrogens (tertiary/aromatic N) is 2. The van der Waals surface area contributed by atoms with Gasteiger partial charge >= 0.3 is 18.4 Å². The number of carbonyl (C=O) groups excluding carboxylic acids is 2. The molecule has 35 heavy (non-hydrogen) atoms. The third kappa shape index (κ3) is 7.37. The van der Waals surface area contributed by atoms with Crippen LogP contribution in [-0.2, 0) is 21.6 Å². The standard InChI is InChI=1S/C24H31F3N4O4/c1-15(24(25,26)27)28-22(33)35-18-11-10-17(12-18)19-13-20(31(30-19)23(2,3)4)29-21(32)34-14-16-8-6-5-7-9-16/h5-9,13,15,17-18H,10-12,14H2,1-4H3,(H,28,33)(H,29,32)/t15?,17-,18+/m0/s1. The second-order valence-corrected chi connectivity index (χ2v) is 9.67. The van der Waals surface area contributed by atoms with Crippen LogP contribution in [0.4, 0.5) is 28.6 Å². The van der Waals surface area contributed by atoms with Crippen molar-refractivity contribution in [3.63, 3.8) is 0 Å². The average Bonchev–Trinajstić information content (AvgIpc) is 3.39. The third-order valence-electron chi connectivity index (χ3n) is 5.71. The molecule has 0 bridgehead atoms. The molecule has 8 nitrogen and oxygen atoms in total. The maximum absolute atomic E-state index is 12.6. The zero-order chi connectivity index (χ0) is 25.8. The normalized spacial score (nSPS) is 19.2. The number of aromatic nitrogens is 2. The van der Waals surface area contributed by atoms with Crippen molar-refractivity contribution in [3.8, 4) is 0 Å². The van der Waals surface area contributed by atoms with Gasteiger partial charge in [-0.05, 0) is 52.5 Å². The summed E-state index contributed by atoms with van der Waals surface area (Å²) in [4.78, 5) is 24.3. The Morgan fingerprint density at radius 1 is 1.14 bits per heavy atom. The Morgan fingerprint density at radius 2 is 1.83 bits per heavy atom. The molecule has 1 aromatic carbocycles. The summed E-state index contributed by atoms with van der Waals surface area (Å²) in [5, 5.41) is 9.23. The first-order valence-corrected chi connectivity index (χ1v) is 11.4. The zero-order valence-corrected chi connectivity index (χ0v) is 20.2. The highest BCUT2D eigenvalue weighted by atomic mass is 19.4. The van der Waals surface area contributed by atoms with E-state index in [9.17, 15) is 22.8 Å². The van der Waals surface area contributed by atoms with Crippen molar-refractivity contribution in [2.24, 2.45) is 0 Å². The number of carbonyl (C=O) groups is 2. The molecule has 192 valence electrons. The molecule has 2 amide bonds. The minimum atomic E-state index is -4.54. The lowest BCUT2D eigenvalue weighted by atomic mass is 10.0. The van der Waals surface area contributed by atoms with E-state index in [1.165, 1.54) is 0 Å². The fourth-order valence-electron chi connectivity index (χ4n) is 3.82. The minimum absolute atomic E-state index is 0.0719. The molecule has 1 unspecified atom stereocenters. The van der Waals surface area contributed by atoms with Crippen LogP contribution in [0, 0.1) is 0 Å². The fourth-order valence-corrected chi connectivity index (χ4v) is 3.82. The van der Waals surface area contributed by atoms with Gasteiger partial charge in [0.15, 0.2) is 0 Å². The smallest absolute Gasteiger partial charge is 0.413 e. The Labute approximate surface area is 202 Å². The van der Waals surface area contributed by atoms with Gasteiger partial charge in [-0.25, -0.2) is 14.3 Å². The molecule has 0 radical (unpaired) electrons. The van der Waals surface area contributed by atoms with Gasteiger partial charge in [-0.15, -0.1) is 0 Å². The molecule has 2 aromatic rings. The number of hydrogen-bond acceptors (Lipinski definition) is 5. The molecule has 3 rings (SSSR count). The first-order chi connectivity index (χ1) is 16.3. The van der Waals surface area contributed by atoms with E-state index in [4.69, 9.17) is 9.47 Å². The predicted octanol–water partition coefficient (Wildman–Crippen LogP) is 5.70. The zero-order valence-electron chi connectivity index (χ0n) is 20.2. The van der Waals surface area contributed by atoms with E-state index in [0.717, 1.165) is 12.5 Å². The highest BCUT2D eigenvalue weighted by Crippen LogP contribution is 2.37. The van der Waals surface area contributed by atoms with Crippen molar-refractivity contribution in [2.75, 3.05) is 5.32 Å². The van der Waals surface area contributed by atoms with Crippen molar-refractivity contribution < 1.29 is 32.2 Å². The van der Waals surface area contributed by atoms with Crippen LogP contribution in [0.3, 0.4) is 0 Å². The number of halogens is 3. The van der Waals surface area contributed by atoms with E-state index < -0.39 is 36.0 Å². The highest BCUT2D eigenvalue weighted by Gasteiger charge is 2.38. The second kappa shape index (κ2) is 10.6. The van der Waals surface area contributed by atoms with Crippen LogP contribution in [-0.4, -0.2) is 40.3 Å². The number of anilines is 1. The molecule has 11 heteroatoms. The monoisotopic (exact) mass is 496 g/mol. The molecule has 0 aliphatic heterocycles. The highest BCUT2D eigenvalue weighted by molar-refractivity contribution is 5.83. The predicted molar refractivity (Wildman–Crippen MR) is 123 cm³/mol. The molecule has 1 fully saturated rings. The quantitative estimate of drug-likeness (QED) is 0.535. The molecule has 1 heterocycles. The van der Waals surface area contributed by atoms with E-state index in [2.05, 4.69) is 10.4 Å². The van der Waals surface area contributed by atoms with Gasteiger partial charge < -0.3 is 14.8 Å². The SMILES string of the molecule is CC(NC(=O)O[C@@H]1CC[C@H](c2cc(NC(=O)OCc3ccccc3)n(C(C)(C)C)n2)C1)C(F)(F)F. The van der Waals surface area contributed by atoms with Crippen LogP contribution in [0.1, 0.15) is 64.1 Å². The van der Waals surface area contributed by atoms with Crippen LogP contribution in [0.15, 0.2) is 36.4 Å². The van der Waals surface area contributed by atoms with Crippen molar-refractivity contribution in [2.45, 2.75) is 83.3 Å². The fraction of sp³-hybridized carbons (Fsp3) is 0.542. The van der Waals surface area contributed by atoms with Gasteiger partial charge in [0.05, 0.1) is 11.2 Å². The Bertz CT molecular complexity index is 1020. The van der Waals surface area contributed by atoms with Gasteiger partial charge in [-0.1, -0.05) is 30.3 Å². The van der Waals surface area contributed by atoms with E-state index in [1.54, 1.807) is 10.7 Å². The summed E-state index contributed by atoms with van der Waals surface area (Å²) in [6.45, 7) is 6.81. The number of nitrogens with one attached hydrogen (secondary N) is 2. The Hall–Kier alpha value is -3.24. The van der Waals surface area contributed by atoms with Crippen molar-refractivity contribution >= 4 is 18.0 Å². The van der Waals surface area contributed by atoms with Gasteiger partial charge in [0.2, 0.25) is 0 Å². The summed E-state index contributed by atoms with van der Waals surface area (Å²) in [6, 6.07) is 9.06. The van der Waals surface area contributed by atoms with Crippen molar-refractivity contribution in [1.82, 2.24) is 15.1 Å². The third-order valence-corrected chi connectivity index (χ3v) is 5.71. The lowest BCUT2D eigenvalue weighted by Crippen LogP contribution is -2.44. The summed E-state index contributed by atoms with van der Waals surface area (Å²) in [7, 11) is 0. The number of amides is 2. The minimum Gasteiger partial charge on any atom is -0.446 e. The Balaban J connectivity index is 1.62. The maximum Gasteiger partial charge on any atom is 0.413 e. The van der Waals surface area contributed by atoms with Gasteiger partial charge in [-0.3, -0.25) is 5.32 Å².